The molecule has 148 valence electrons. The van der Waals surface area contributed by atoms with E-state index in [-0.39, 0.29) is 18.5 Å². The van der Waals surface area contributed by atoms with E-state index in [0.717, 1.165) is 28.9 Å². The molecule has 0 amide bonds. The number of morpholine rings is 1. The SMILES string of the molecule is Cc1ccc(OCC(O)CN2CCOC(c3ccc(Br)cc3)C2)c(C)c1.Cl. The number of benzene rings is 2. The minimum absolute atomic E-state index is 0. The van der Waals surface area contributed by atoms with Crippen molar-refractivity contribution in [2.75, 3.05) is 32.8 Å². The van der Waals surface area contributed by atoms with Crippen molar-refractivity contribution in [3.8, 4) is 5.75 Å². The molecule has 1 fully saturated rings. The third-order valence-corrected chi connectivity index (χ3v) is 5.15. The molecule has 6 heteroatoms. The van der Waals surface area contributed by atoms with Crippen molar-refractivity contribution in [3.05, 3.63) is 63.6 Å². The molecule has 0 aliphatic carbocycles. The molecule has 1 heterocycles. The molecule has 1 saturated heterocycles. The zero-order valence-corrected chi connectivity index (χ0v) is 18.1. The lowest BCUT2D eigenvalue weighted by Gasteiger charge is -2.34. The van der Waals surface area contributed by atoms with E-state index in [1.165, 1.54) is 11.1 Å². The summed E-state index contributed by atoms with van der Waals surface area (Å²) in [6.45, 7) is 7.25. The minimum atomic E-state index is -0.528. The predicted octanol–water partition coefficient (Wildman–Crippen LogP) is 4.30. The first-order chi connectivity index (χ1) is 12.5. The molecule has 1 N–H and O–H groups in total. The topological polar surface area (TPSA) is 41.9 Å². The number of aliphatic hydroxyl groups excluding tert-OH is 1. The Hall–Kier alpha value is -1.11. The third kappa shape index (κ3) is 6.47. The summed E-state index contributed by atoms with van der Waals surface area (Å²) in [5, 5.41) is 10.4. The van der Waals surface area contributed by atoms with E-state index >= 15 is 0 Å². The molecule has 0 bridgehead atoms. The monoisotopic (exact) mass is 455 g/mol. The fourth-order valence-corrected chi connectivity index (χ4v) is 3.51. The summed E-state index contributed by atoms with van der Waals surface area (Å²) < 4.78 is 12.8. The molecule has 2 aromatic rings. The summed E-state index contributed by atoms with van der Waals surface area (Å²) >= 11 is 3.46. The molecule has 27 heavy (non-hydrogen) atoms. The second kappa shape index (κ2) is 10.4. The molecule has 0 saturated carbocycles. The Morgan fingerprint density at radius 2 is 1.96 bits per heavy atom. The summed E-state index contributed by atoms with van der Waals surface area (Å²) in [6, 6.07) is 14.3. The molecule has 2 aromatic carbocycles. The molecule has 2 unspecified atom stereocenters. The van der Waals surface area contributed by atoms with Crippen molar-refractivity contribution in [2.45, 2.75) is 26.1 Å². The van der Waals surface area contributed by atoms with Gasteiger partial charge in [0.25, 0.3) is 0 Å². The van der Waals surface area contributed by atoms with Crippen LogP contribution in [-0.4, -0.2) is 49.0 Å². The van der Waals surface area contributed by atoms with Crippen LogP contribution in [0.5, 0.6) is 5.75 Å². The van der Waals surface area contributed by atoms with E-state index in [2.05, 4.69) is 46.0 Å². The van der Waals surface area contributed by atoms with Crippen LogP contribution in [0.15, 0.2) is 46.9 Å². The first-order valence-corrected chi connectivity index (χ1v) is 9.78. The highest BCUT2D eigenvalue weighted by molar-refractivity contribution is 9.10. The van der Waals surface area contributed by atoms with Crippen molar-refractivity contribution in [2.24, 2.45) is 0 Å². The first kappa shape index (κ1) is 22.2. The molecule has 0 radical (unpaired) electrons. The lowest BCUT2D eigenvalue weighted by Crippen LogP contribution is -2.43. The Morgan fingerprint density at radius 1 is 1.22 bits per heavy atom. The Balaban J connectivity index is 0.00000261. The molecular formula is C21H27BrClNO3. The second-order valence-electron chi connectivity index (χ2n) is 6.90. The van der Waals surface area contributed by atoms with E-state index in [1.54, 1.807) is 0 Å². The van der Waals surface area contributed by atoms with Gasteiger partial charge in [0.15, 0.2) is 0 Å². The zero-order valence-electron chi connectivity index (χ0n) is 15.7. The highest BCUT2D eigenvalue weighted by Crippen LogP contribution is 2.24. The Kier molecular flexibility index (Phi) is 8.58. The van der Waals surface area contributed by atoms with Crippen molar-refractivity contribution in [1.29, 1.82) is 0 Å². The summed E-state index contributed by atoms with van der Waals surface area (Å²) in [7, 11) is 0. The molecule has 0 aromatic heterocycles. The van der Waals surface area contributed by atoms with E-state index in [9.17, 15) is 5.11 Å². The summed E-state index contributed by atoms with van der Waals surface area (Å²) in [5.41, 5.74) is 3.47. The second-order valence-corrected chi connectivity index (χ2v) is 7.82. The maximum absolute atomic E-state index is 10.4. The number of nitrogens with zero attached hydrogens (tertiary/aromatic N) is 1. The molecule has 0 spiro atoms. The van der Waals surface area contributed by atoms with Crippen LogP contribution in [0.3, 0.4) is 0 Å². The third-order valence-electron chi connectivity index (χ3n) is 4.62. The summed E-state index contributed by atoms with van der Waals surface area (Å²) in [4.78, 5) is 2.24. The number of aliphatic hydroxyl groups is 1. The average molecular weight is 457 g/mol. The maximum atomic E-state index is 10.4. The van der Waals surface area contributed by atoms with E-state index in [4.69, 9.17) is 9.47 Å². The van der Waals surface area contributed by atoms with Gasteiger partial charge in [-0.05, 0) is 43.2 Å². The van der Waals surface area contributed by atoms with E-state index < -0.39 is 6.10 Å². The van der Waals surface area contributed by atoms with Gasteiger partial charge in [-0.2, -0.15) is 0 Å². The van der Waals surface area contributed by atoms with Crippen LogP contribution in [0.1, 0.15) is 22.8 Å². The number of hydrogen-bond acceptors (Lipinski definition) is 4. The molecule has 4 nitrogen and oxygen atoms in total. The smallest absolute Gasteiger partial charge is 0.122 e. The van der Waals surface area contributed by atoms with Crippen molar-refractivity contribution >= 4 is 28.3 Å². The number of rotatable bonds is 6. The van der Waals surface area contributed by atoms with Crippen LogP contribution >= 0.6 is 28.3 Å². The van der Waals surface area contributed by atoms with Crippen LogP contribution in [0.4, 0.5) is 0 Å². The molecule has 3 rings (SSSR count). The van der Waals surface area contributed by atoms with E-state index in [0.29, 0.717) is 19.8 Å². The standard InChI is InChI=1S/C21H26BrNO3.ClH/c1-15-3-8-20(16(2)11-15)26-14-19(24)12-23-9-10-25-21(13-23)17-4-6-18(22)7-5-17;/h3-8,11,19,21,24H,9-10,12-14H2,1-2H3;1H. The highest BCUT2D eigenvalue weighted by Gasteiger charge is 2.23. The van der Waals surface area contributed by atoms with Gasteiger partial charge in [-0.1, -0.05) is 45.8 Å². The lowest BCUT2D eigenvalue weighted by atomic mass is 10.1. The minimum Gasteiger partial charge on any atom is -0.491 e. The molecule has 2 atom stereocenters. The van der Waals surface area contributed by atoms with Crippen molar-refractivity contribution in [3.63, 3.8) is 0 Å². The van der Waals surface area contributed by atoms with Gasteiger partial charge in [0.1, 0.15) is 18.5 Å². The maximum Gasteiger partial charge on any atom is 0.122 e. The van der Waals surface area contributed by atoms with Crippen LogP contribution < -0.4 is 4.74 Å². The summed E-state index contributed by atoms with van der Waals surface area (Å²) in [6.07, 6.45) is -0.483. The molecule has 1 aliphatic rings. The van der Waals surface area contributed by atoms with Crippen LogP contribution in [0, 0.1) is 13.8 Å². The van der Waals surface area contributed by atoms with Gasteiger partial charge in [-0.3, -0.25) is 4.90 Å². The van der Waals surface area contributed by atoms with Crippen LogP contribution in [-0.2, 0) is 4.74 Å². The van der Waals surface area contributed by atoms with Crippen LogP contribution in [0.25, 0.3) is 0 Å². The van der Waals surface area contributed by atoms with Gasteiger partial charge >= 0.3 is 0 Å². The predicted molar refractivity (Wildman–Crippen MR) is 114 cm³/mol. The Bertz CT molecular complexity index is 726. The number of halogens is 2. The largest absolute Gasteiger partial charge is 0.491 e. The fraction of sp³-hybridized carbons (Fsp3) is 0.429. The van der Waals surface area contributed by atoms with Crippen LogP contribution in [0.2, 0.25) is 0 Å². The van der Waals surface area contributed by atoms with Gasteiger partial charge in [0.2, 0.25) is 0 Å². The van der Waals surface area contributed by atoms with Gasteiger partial charge in [0, 0.05) is 24.1 Å². The highest BCUT2D eigenvalue weighted by atomic mass is 79.9. The normalized spacial score (nSPS) is 18.6. The number of β-amino-alcohol motifs (C(OH)–C–C–N with tert-alkyl or cyclic N) is 1. The quantitative estimate of drug-likeness (QED) is 0.704. The number of ether oxygens (including phenoxy) is 2. The number of hydrogen-bond donors (Lipinski definition) is 1. The summed E-state index contributed by atoms with van der Waals surface area (Å²) in [5.74, 6) is 0.837. The van der Waals surface area contributed by atoms with Crippen molar-refractivity contribution < 1.29 is 14.6 Å². The Morgan fingerprint density at radius 3 is 2.67 bits per heavy atom. The molecular weight excluding hydrogens is 430 g/mol. The van der Waals surface area contributed by atoms with E-state index in [1.807, 2.05) is 31.2 Å². The molecule has 1 aliphatic heterocycles. The first-order valence-electron chi connectivity index (χ1n) is 8.99. The van der Waals surface area contributed by atoms with Gasteiger partial charge in [0.05, 0.1) is 12.7 Å². The van der Waals surface area contributed by atoms with Gasteiger partial charge < -0.3 is 14.6 Å². The number of aryl methyl sites for hydroxylation is 2. The van der Waals surface area contributed by atoms with Gasteiger partial charge in [-0.15, -0.1) is 12.4 Å². The fourth-order valence-electron chi connectivity index (χ4n) is 3.25. The van der Waals surface area contributed by atoms with Gasteiger partial charge in [-0.25, -0.2) is 0 Å². The average Bonchev–Trinajstić information content (AvgIpc) is 2.62. The van der Waals surface area contributed by atoms with Crippen molar-refractivity contribution in [1.82, 2.24) is 4.90 Å². The lowest BCUT2D eigenvalue weighted by molar-refractivity contribution is -0.0459. The zero-order chi connectivity index (χ0) is 18.5. The Labute approximate surface area is 176 Å².